The van der Waals surface area contributed by atoms with Crippen molar-refractivity contribution in [2.45, 2.75) is 37.1 Å². The van der Waals surface area contributed by atoms with Gasteiger partial charge in [0.15, 0.2) is 0 Å². The Hall–Kier alpha value is -0.540. The number of fused-ring (bicyclic) bond motifs is 1. The van der Waals surface area contributed by atoms with Crippen LogP contribution in [0.1, 0.15) is 32.1 Å². The normalized spacial score (nSPS) is 18.8. The molecule has 0 saturated heterocycles. The van der Waals surface area contributed by atoms with Gasteiger partial charge in [-0.15, -0.1) is 11.8 Å². The van der Waals surface area contributed by atoms with Gasteiger partial charge in [-0.2, -0.15) is 12.6 Å². The summed E-state index contributed by atoms with van der Waals surface area (Å²) in [6.07, 6.45) is 6.88. The van der Waals surface area contributed by atoms with Gasteiger partial charge < -0.3 is 4.98 Å². The Morgan fingerprint density at radius 3 is 2.68 bits per heavy atom. The molecule has 2 aromatic rings. The molecule has 1 fully saturated rings. The van der Waals surface area contributed by atoms with Crippen molar-refractivity contribution in [3.05, 3.63) is 30.3 Å². The molecule has 0 bridgehead atoms. The molecule has 3 rings (SSSR count). The second kappa shape index (κ2) is 5.84. The summed E-state index contributed by atoms with van der Waals surface area (Å²) < 4.78 is 0. The zero-order valence-corrected chi connectivity index (χ0v) is 12.9. The van der Waals surface area contributed by atoms with Crippen molar-refractivity contribution < 1.29 is 0 Å². The van der Waals surface area contributed by atoms with Gasteiger partial charge in [0.2, 0.25) is 0 Å². The quantitative estimate of drug-likeness (QED) is 0.588. The molecule has 0 amide bonds. The molecule has 1 saturated carbocycles. The molecule has 19 heavy (non-hydrogen) atoms. The maximum Gasteiger partial charge on any atom is 0.0732 e. The van der Waals surface area contributed by atoms with E-state index in [0.717, 1.165) is 5.75 Å². The lowest BCUT2D eigenvalue weighted by Crippen LogP contribution is -2.28. The standard InChI is InChI=1S/C16H21NS2/c18-11-16(8-4-1-5-9-16)12-19-15-10-13-6-2-3-7-14(13)17-15/h2-3,6-7,10,17-18H,1,4-5,8-9,11-12H2. The van der Waals surface area contributed by atoms with Gasteiger partial charge >= 0.3 is 0 Å². The minimum Gasteiger partial charge on any atom is -0.350 e. The molecule has 3 heteroatoms. The number of H-pyrrole nitrogens is 1. The van der Waals surface area contributed by atoms with Crippen LogP contribution >= 0.6 is 24.4 Å². The summed E-state index contributed by atoms with van der Waals surface area (Å²) in [4.78, 5) is 3.51. The maximum atomic E-state index is 4.62. The molecular formula is C16H21NS2. The number of thiol groups is 1. The highest BCUT2D eigenvalue weighted by Gasteiger charge is 2.30. The fourth-order valence-electron chi connectivity index (χ4n) is 3.01. The zero-order valence-electron chi connectivity index (χ0n) is 11.2. The van der Waals surface area contributed by atoms with Crippen molar-refractivity contribution in [2.75, 3.05) is 11.5 Å². The average molecular weight is 291 g/mol. The lowest BCUT2D eigenvalue weighted by molar-refractivity contribution is 0.258. The molecular weight excluding hydrogens is 270 g/mol. The highest BCUT2D eigenvalue weighted by Crippen LogP contribution is 2.41. The van der Waals surface area contributed by atoms with Crippen LogP contribution in [0.2, 0.25) is 0 Å². The minimum atomic E-state index is 0.462. The Morgan fingerprint density at radius 1 is 1.16 bits per heavy atom. The van der Waals surface area contributed by atoms with E-state index >= 15 is 0 Å². The van der Waals surface area contributed by atoms with Crippen LogP contribution in [0.5, 0.6) is 0 Å². The number of hydrogen-bond donors (Lipinski definition) is 2. The van der Waals surface area contributed by atoms with Gasteiger partial charge in [-0.1, -0.05) is 37.5 Å². The van der Waals surface area contributed by atoms with E-state index in [2.05, 4.69) is 47.9 Å². The van der Waals surface area contributed by atoms with Crippen LogP contribution in [0.25, 0.3) is 10.9 Å². The second-order valence-electron chi connectivity index (χ2n) is 5.73. The van der Waals surface area contributed by atoms with Crippen LogP contribution in [-0.2, 0) is 0 Å². The fraction of sp³-hybridized carbons (Fsp3) is 0.500. The Bertz CT molecular complexity index is 507. The second-order valence-corrected chi connectivity index (χ2v) is 7.06. The zero-order chi connectivity index (χ0) is 13.1. The van der Waals surface area contributed by atoms with E-state index in [-0.39, 0.29) is 0 Å². The predicted molar refractivity (Wildman–Crippen MR) is 88.4 cm³/mol. The Balaban J connectivity index is 1.70. The molecule has 0 spiro atoms. The van der Waals surface area contributed by atoms with E-state index in [9.17, 15) is 0 Å². The van der Waals surface area contributed by atoms with Crippen LogP contribution in [-0.4, -0.2) is 16.5 Å². The van der Waals surface area contributed by atoms with Crippen molar-refractivity contribution in [1.82, 2.24) is 4.98 Å². The first-order valence-corrected chi connectivity index (χ1v) is 8.75. The predicted octanol–water partition coefficient (Wildman–Crippen LogP) is 5.14. The molecule has 0 aliphatic heterocycles. The number of nitrogens with one attached hydrogen (secondary N) is 1. The number of aromatic amines is 1. The van der Waals surface area contributed by atoms with Gasteiger partial charge in [-0.05, 0) is 36.1 Å². The highest BCUT2D eigenvalue weighted by molar-refractivity contribution is 7.99. The summed E-state index contributed by atoms with van der Waals surface area (Å²) in [7, 11) is 0. The number of rotatable bonds is 4. The fourth-order valence-corrected chi connectivity index (χ4v) is 4.83. The van der Waals surface area contributed by atoms with E-state index < -0.39 is 0 Å². The molecule has 1 aliphatic rings. The third-order valence-corrected chi connectivity index (χ3v) is 6.25. The number of thioether (sulfide) groups is 1. The van der Waals surface area contributed by atoms with Gasteiger partial charge in [0.1, 0.15) is 0 Å². The lowest BCUT2D eigenvalue weighted by atomic mass is 9.77. The first-order valence-electron chi connectivity index (χ1n) is 7.13. The molecule has 1 N–H and O–H groups in total. The van der Waals surface area contributed by atoms with E-state index in [1.54, 1.807) is 0 Å². The van der Waals surface area contributed by atoms with Gasteiger partial charge in [-0.3, -0.25) is 0 Å². The van der Waals surface area contributed by atoms with Crippen molar-refractivity contribution in [2.24, 2.45) is 5.41 Å². The van der Waals surface area contributed by atoms with Crippen LogP contribution < -0.4 is 0 Å². The SMILES string of the molecule is SCC1(CSc2cc3ccccc3[nH]2)CCCCC1. The molecule has 1 heterocycles. The van der Waals surface area contributed by atoms with Crippen molar-refractivity contribution in [3.8, 4) is 0 Å². The highest BCUT2D eigenvalue weighted by atomic mass is 32.2. The van der Waals surface area contributed by atoms with E-state index in [1.165, 1.54) is 53.8 Å². The Morgan fingerprint density at radius 2 is 1.95 bits per heavy atom. The number of benzene rings is 1. The first-order chi connectivity index (χ1) is 9.31. The van der Waals surface area contributed by atoms with Gasteiger partial charge in [0.25, 0.3) is 0 Å². The first kappa shape index (κ1) is 13.4. The Labute approximate surface area is 125 Å². The summed E-state index contributed by atoms with van der Waals surface area (Å²) in [6.45, 7) is 0. The average Bonchev–Trinajstić information content (AvgIpc) is 2.89. The summed E-state index contributed by atoms with van der Waals surface area (Å²) in [5.74, 6) is 2.23. The monoisotopic (exact) mass is 291 g/mol. The van der Waals surface area contributed by atoms with E-state index in [0.29, 0.717) is 5.41 Å². The van der Waals surface area contributed by atoms with Crippen molar-refractivity contribution in [3.63, 3.8) is 0 Å². The topological polar surface area (TPSA) is 15.8 Å². The van der Waals surface area contributed by atoms with E-state index in [1.807, 2.05) is 11.8 Å². The van der Waals surface area contributed by atoms with Gasteiger partial charge in [-0.25, -0.2) is 0 Å². The summed E-state index contributed by atoms with van der Waals surface area (Å²) in [5.41, 5.74) is 1.71. The maximum absolute atomic E-state index is 4.62. The van der Waals surface area contributed by atoms with Crippen LogP contribution in [0.4, 0.5) is 0 Å². The van der Waals surface area contributed by atoms with Crippen LogP contribution in [0, 0.1) is 5.41 Å². The summed E-state index contributed by atoms with van der Waals surface area (Å²) in [6, 6.07) is 10.8. The number of para-hydroxylation sites is 1. The third kappa shape index (κ3) is 2.97. The van der Waals surface area contributed by atoms with Crippen molar-refractivity contribution in [1.29, 1.82) is 0 Å². The van der Waals surface area contributed by atoms with Crippen LogP contribution in [0.15, 0.2) is 35.4 Å². The Kier molecular flexibility index (Phi) is 4.13. The van der Waals surface area contributed by atoms with Gasteiger partial charge in [0, 0.05) is 16.7 Å². The summed E-state index contributed by atoms with van der Waals surface area (Å²) in [5, 5.41) is 2.61. The lowest BCUT2D eigenvalue weighted by Gasteiger charge is -2.35. The minimum absolute atomic E-state index is 0.462. The van der Waals surface area contributed by atoms with E-state index in [4.69, 9.17) is 0 Å². The molecule has 0 unspecified atom stereocenters. The number of aromatic nitrogens is 1. The molecule has 102 valence electrons. The third-order valence-electron chi connectivity index (χ3n) is 4.29. The molecule has 0 radical (unpaired) electrons. The largest absolute Gasteiger partial charge is 0.350 e. The molecule has 1 nitrogen and oxygen atoms in total. The molecule has 0 atom stereocenters. The van der Waals surface area contributed by atoms with Crippen LogP contribution in [0.3, 0.4) is 0 Å². The smallest absolute Gasteiger partial charge is 0.0732 e. The van der Waals surface area contributed by atoms with Crippen molar-refractivity contribution >= 4 is 35.3 Å². The summed E-state index contributed by atoms with van der Waals surface area (Å²) >= 11 is 6.59. The molecule has 1 aromatic carbocycles. The van der Waals surface area contributed by atoms with Gasteiger partial charge in [0.05, 0.1) is 5.03 Å². The molecule has 1 aliphatic carbocycles. The number of hydrogen-bond acceptors (Lipinski definition) is 2. The molecule has 1 aromatic heterocycles.